The van der Waals surface area contributed by atoms with Gasteiger partial charge in [0, 0.05) is 32.4 Å². The standard InChI is InChI=1S/C24H23N3O4/c28-23(27-16-14-26(15-17-27)22-8-4-5-13-25-22)18-30-24(29)19-9-11-21(12-10-19)31-20-6-2-1-3-7-20/h1-13H,14-18H2. The molecular formula is C24H23N3O4. The van der Waals surface area contributed by atoms with Gasteiger partial charge in [-0.1, -0.05) is 24.3 Å². The molecular weight excluding hydrogens is 394 g/mol. The molecule has 0 N–H and O–H groups in total. The Balaban J connectivity index is 1.23. The number of ether oxygens (including phenoxy) is 2. The lowest BCUT2D eigenvalue weighted by molar-refractivity contribution is -0.134. The van der Waals surface area contributed by atoms with Crippen molar-refractivity contribution in [2.75, 3.05) is 37.7 Å². The van der Waals surface area contributed by atoms with Gasteiger partial charge in [0.2, 0.25) is 0 Å². The molecule has 0 atom stereocenters. The lowest BCUT2D eigenvalue weighted by Gasteiger charge is -2.35. The average molecular weight is 417 g/mol. The van der Waals surface area contributed by atoms with E-state index in [1.165, 1.54) is 0 Å². The first-order chi connectivity index (χ1) is 15.2. The second-order valence-electron chi connectivity index (χ2n) is 7.07. The Kier molecular flexibility index (Phi) is 6.42. The minimum absolute atomic E-state index is 0.196. The summed E-state index contributed by atoms with van der Waals surface area (Å²) in [6.45, 7) is 2.25. The van der Waals surface area contributed by atoms with E-state index >= 15 is 0 Å². The predicted molar refractivity (Wildman–Crippen MR) is 116 cm³/mol. The van der Waals surface area contributed by atoms with Crippen molar-refractivity contribution in [3.63, 3.8) is 0 Å². The fraction of sp³-hybridized carbons (Fsp3) is 0.208. The lowest BCUT2D eigenvalue weighted by Crippen LogP contribution is -2.50. The minimum Gasteiger partial charge on any atom is -0.457 e. The van der Waals surface area contributed by atoms with Crippen LogP contribution in [0.5, 0.6) is 11.5 Å². The third-order valence-corrected chi connectivity index (χ3v) is 5.00. The Morgan fingerprint density at radius 1 is 0.806 bits per heavy atom. The normalized spacial score (nSPS) is 13.5. The molecule has 1 saturated heterocycles. The van der Waals surface area contributed by atoms with Crippen LogP contribution in [0.15, 0.2) is 79.0 Å². The maximum absolute atomic E-state index is 12.4. The van der Waals surface area contributed by atoms with Gasteiger partial charge in [-0.25, -0.2) is 9.78 Å². The molecule has 1 aliphatic rings. The number of rotatable bonds is 6. The highest BCUT2D eigenvalue weighted by Crippen LogP contribution is 2.21. The van der Waals surface area contributed by atoms with E-state index < -0.39 is 5.97 Å². The summed E-state index contributed by atoms with van der Waals surface area (Å²) >= 11 is 0. The van der Waals surface area contributed by atoms with Gasteiger partial charge in [0.15, 0.2) is 6.61 Å². The van der Waals surface area contributed by atoms with Gasteiger partial charge in [-0.3, -0.25) is 4.79 Å². The summed E-state index contributed by atoms with van der Waals surface area (Å²) in [4.78, 5) is 32.9. The Bertz CT molecular complexity index is 1000. The van der Waals surface area contributed by atoms with Crippen molar-refractivity contribution in [3.8, 4) is 11.5 Å². The molecule has 3 aromatic rings. The molecule has 2 aromatic carbocycles. The number of carbonyl (C=O) groups is 2. The highest BCUT2D eigenvalue weighted by Gasteiger charge is 2.22. The molecule has 0 unspecified atom stereocenters. The Labute approximate surface area is 180 Å². The van der Waals surface area contributed by atoms with Gasteiger partial charge in [0.25, 0.3) is 5.91 Å². The predicted octanol–water partition coefficient (Wildman–Crippen LogP) is 3.38. The Morgan fingerprint density at radius 3 is 2.16 bits per heavy atom. The van der Waals surface area contributed by atoms with Gasteiger partial charge in [-0.05, 0) is 48.5 Å². The number of carbonyl (C=O) groups excluding carboxylic acids is 2. The molecule has 7 heteroatoms. The van der Waals surface area contributed by atoms with Crippen LogP contribution in [0.3, 0.4) is 0 Å². The van der Waals surface area contributed by atoms with Crippen molar-refractivity contribution < 1.29 is 19.1 Å². The van der Waals surface area contributed by atoms with Crippen molar-refractivity contribution in [2.45, 2.75) is 0 Å². The van der Waals surface area contributed by atoms with Crippen molar-refractivity contribution in [2.24, 2.45) is 0 Å². The molecule has 0 bridgehead atoms. The molecule has 31 heavy (non-hydrogen) atoms. The number of esters is 1. The number of hydrogen-bond acceptors (Lipinski definition) is 6. The van der Waals surface area contributed by atoms with Crippen molar-refractivity contribution in [1.29, 1.82) is 0 Å². The Morgan fingerprint density at radius 2 is 1.48 bits per heavy atom. The maximum Gasteiger partial charge on any atom is 0.338 e. The van der Waals surface area contributed by atoms with E-state index in [1.54, 1.807) is 35.4 Å². The summed E-state index contributed by atoms with van der Waals surface area (Å²) in [6.07, 6.45) is 1.76. The van der Waals surface area contributed by atoms with Crippen molar-refractivity contribution in [1.82, 2.24) is 9.88 Å². The highest BCUT2D eigenvalue weighted by atomic mass is 16.5. The topological polar surface area (TPSA) is 72.0 Å². The van der Waals surface area contributed by atoms with Crippen LogP contribution in [0.1, 0.15) is 10.4 Å². The van der Waals surface area contributed by atoms with Crippen LogP contribution in [0.25, 0.3) is 0 Å². The smallest absolute Gasteiger partial charge is 0.338 e. The van der Waals surface area contributed by atoms with E-state index in [0.29, 0.717) is 43.2 Å². The molecule has 0 saturated carbocycles. The molecule has 0 spiro atoms. The molecule has 1 aliphatic heterocycles. The summed E-state index contributed by atoms with van der Waals surface area (Å²) in [5, 5.41) is 0. The van der Waals surface area contributed by atoms with Crippen LogP contribution < -0.4 is 9.64 Å². The molecule has 0 radical (unpaired) electrons. The van der Waals surface area contributed by atoms with Gasteiger partial charge in [0.1, 0.15) is 17.3 Å². The fourth-order valence-electron chi connectivity index (χ4n) is 3.31. The van der Waals surface area contributed by atoms with Crippen molar-refractivity contribution in [3.05, 3.63) is 84.6 Å². The number of hydrogen-bond donors (Lipinski definition) is 0. The zero-order valence-electron chi connectivity index (χ0n) is 17.0. The summed E-state index contributed by atoms with van der Waals surface area (Å²) < 4.78 is 10.9. The maximum atomic E-state index is 12.4. The quantitative estimate of drug-likeness (QED) is 0.573. The minimum atomic E-state index is -0.535. The first kappa shape index (κ1) is 20.4. The lowest BCUT2D eigenvalue weighted by atomic mass is 10.2. The SMILES string of the molecule is O=C(OCC(=O)N1CCN(c2ccccn2)CC1)c1ccc(Oc2ccccc2)cc1. The Hall–Kier alpha value is -3.87. The van der Waals surface area contributed by atoms with Crippen LogP contribution in [0.4, 0.5) is 5.82 Å². The molecule has 158 valence electrons. The number of nitrogens with zero attached hydrogens (tertiary/aromatic N) is 3. The number of anilines is 1. The number of para-hydroxylation sites is 1. The largest absolute Gasteiger partial charge is 0.457 e. The number of piperazine rings is 1. The van der Waals surface area contributed by atoms with E-state index in [9.17, 15) is 9.59 Å². The molecule has 0 aliphatic carbocycles. The number of benzene rings is 2. The van der Waals surface area contributed by atoms with Gasteiger partial charge < -0.3 is 19.3 Å². The fourth-order valence-corrected chi connectivity index (χ4v) is 3.31. The number of pyridine rings is 1. The van der Waals surface area contributed by atoms with Crippen LogP contribution in [0.2, 0.25) is 0 Å². The molecule has 1 fully saturated rings. The van der Waals surface area contributed by atoms with Gasteiger partial charge >= 0.3 is 5.97 Å². The zero-order valence-corrected chi connectivity index (χ0v) is 17.0. The van der Waals surface area contributed by atoms with Crippen LogP contribution in [-0.2, 0) is 9.53 Å². The van der Waals surface area contributed by atoms with E-state index in [1.807, 2.05) is 48.5 Å². The van der Waals surface area contributed by atoms with Gasteiger partial charge in [-0.2, -0.15) is 0 Å². The number of amides is 1. The third kappa shape index (κ3) is 5.39. The van der Waals surface area contributed by atoms with E-state index in [0.717, 1.165) is 5.82 Å². The summed E-state index contributed by atoms with van der Waals surface area (Å²) in [5.41, 5.74) is 0.369. The summed E-state index contributed by atoms with van der Waals surface area (Å²) in [5.74, 6) is 1.50. The molecule has 2 heterocycles. The number of aromatic nitrogens is 1. The average Bonchev–Trinajstić information content (AvgIpc) is 2.84. The summed E-state index contributed by atoms with van der Waals surface area (Å²) in [7, 11) is 0. The molecule has 4 rings (SSSR count). The molecule has 7 nitrogen and oxygen atoms in total. The van der Waals surface area contributed by atoms with E-state index in [4.69, 9.17) is 9.47 Å². The second kappa shape index (κ2) is 9.75. The van der Waals surface area contributed by atoms with E-state index in [2.05, 4.69) is 9.88 Å². The molecule has 1 amide bonds. The van der Waals surface area contributed by atoms with Crippen LogP contribution >= 0.6 is 0 Å². The van der Waals surface area contributed by atoms with Crippen LogP contribution in [0, 0.1) is 0 Å². The monoisotopic (exact) mass is 417 g/mol. The van der Waals surface area contributed by atoms with E-state index in [-0.39, 0.29) is 12.5 Å². The van der Waals surface area contributed by atoms with Crippen molar-refractivity contribution >= 4 is 17.7 Å². The third-order valence-electron chi connectivity index (χ3n) is 5.00. The molecule has 1 aromatic heterocycles. The van der Waals surface area contributed by atoms with Gasteiger partial charge in [0.05, 0.1) is 5.56 Å². The van der Waals surface area contributed by atoms with Crippen LogP contribution in [-0.4, -0.2) is 54.5 Å². The summed E-state index contributed by atoms with van der Waals surface area (Å²) in [6, 6.07) is 21.8. The first-order valence-electron chi connectivity index (χ1n) is 10.1. The highest BCUT2D eigenvalue weighted by molar-refractivity contribution is 5.91. The van der Waals surface area contributed by atoms with Gasteiger partial charge in [-0.15, -0.1) is 0 Å². The zero-order chi connectivity index (χ0) is 21.5. The second-order valence-corrected chi connectivity index (χ2v) is 7.07. The first-order valence-corrected chi connectivity index (χ1v) is 10.1.